The highest BCUT2D eigenvalue weighted by Gasteiger charge is 2.09. The van der Waals surface area contributed by atoms with E-state index in [1.54, 1.807) is 6.07 Å². The predicted molar refractivity (Wildman–Crippen MR) is 66.4 cm³/mol. The van der Waals surface area contributed by atoms with E-state index in [0.29, 0.717) is 17.1 Å². The fraction of sp³-hybridized carbons (Fsp3) is 0.0769. The minimum atomic E-state index is -0.525. The number of nitrogens with zero attached hydrogens (tertiary/aromatic N) is 1. The second kappa shape index (κ2) is 4.97. The quantitative estimate of drug-likeness (QED) is 0.783. The Labute approximate surface area is 104 Å². The number of methoxy groups -OCH3 is 1. The molecule has 2 aromatic rings. The van der Waals surface area contributed by atoms with Crippen LogP contribution in [0.3, 0.4) is 0 Å². The molecule has 0 fully saturated rings. The molecular formula is C13H10ClNO2. The summed E-state index contributed by atoms with van der Waals surface area (Å²) in [5.41, 5.74) is 1.94. The topological polar surface area (TPSA) is 39.2 Å². The van der Waals surface area contributed by atoms with E-state index in [9.17, 15) is 4.79 Å². The van der Waals surface area contributed by atoms with E-state index in [1.807, 2.05) is 30.3 Å². The van der Waals surface area contributed by atoms with E-state index in [2.05, 4.69) is 4.98 Å². The van der Waals surface area contributed by atoms with Crippen molar-refractivity contribution in [2.75, 3.05) is 7.11 Å². The van der Waals surface area contributed by atoms with Crippen molar-refractivity contribution in [3.63, 3.8) is 0 Å². The Morgan fingerprint density at radius 3 is 2.53 bits per heavy atom. The van der Waals surface area contributed by atoms with E-state index in [-0.39, 0.29) is 0 Å². The third-order valence-electron chi connectivity index (χ3n) is 2.31. The van der Waals surface area contributed by atoms with Gasteiger partial charge in [-0.2, -0.15) is 0 Å². The molecule has 17 heavy (non-hydrogen) atoms. The number of carbonyl (C=O) groups is 1. The lowest BCUT2D eigenvalue weighted by Gasteiger charge is -2.05. The summed E-state index contributed by atoms with van der Waals surface area (Å²) in [5.74, 6) is 0.371. The first-order valence-electron chi connectivity index (χ1n) is 5.02. The van der Waals surface area contributed by atoms with Crippen LogP contribution in [0.5, 0.6) is 5.88 Å². The van der Waals surface area contributed by atoms with Crippen LogP contribution in [0.1, 0.15) is 10.4 Å². The predicted octanol–water partition coefficient (Wildman–Crippen LogP) is 3.14. The van der Waals surface area contributed by atoms with Gasteiger partial charge in [-0.15, -0.1) is 0 Å². The zero-order valence-corrected chi connectivity index (χ0v) is 9.94. The lowest BCUT2D eigenvalue weighted by molar-refractivity contribution is 0.108. The Hall–Kier alpha value is -1.87. The number of hydrogen-bond acceptors (Lipinski definition) is 3. The van der Waals surface area contributed by atoms with Gasteiger partial charge in [0.15, 0.2) is 0 Å². The first-order chi connectivity index (χ1) is 8.20. The second-order valence-corrected chi connectivity index (χ2v) is 3.77. The smallest absolute Gasteiger partial charge is 0.252 e. The van der Waals surface area contributed by atoms with Crippen molar-refractivity contribution in [2.24, 2.45) is 0 Å². The minimum absolute atomic E-state index is 0.371. The molecule has 0 aliphatic heterocycles. The third-order valence-corrected chi connectivity index (χ3v) is 2.53. The Balaban J connectivity index is 2.54. The Morgan fingerprint density at radius 2 is 1.94 bits per heavy atom. The van der Waals surface area contributed by atoms with Gasteiger partial charge in [0.1, 0.15) is 0 Å². The van der Waals surface area contributed by atoms with E-state index in [0.717, 1.165) is 5.56 Å². The first kappa shape index (κ1) is 11.6. The number of rotatable bonds is 3. The zero-order valence-electron chi connectivity index (χ0n) is 9.18. The van der Waals surface area contributed by atoms with Gasteiger partial charge in [-0.1, -0.05) is 30.3 Å². The highest BCUT2D eigenvalue weighted by molar-refractivity contribution is 6.67. The number of benzene rings is 1. The summed E-state index contributed by atoms with van der Waals surface area (Å²) in [6, 6.07) is 12.7. The molecule has 3 nitrogen and oxygen atoms in total. The number of hydrogen-bond donors (Lipinski definition) is 0. The standard InChI is InChI=1S/C13H10ClNO2/c1-17-12-8-10(13(14)16)7-11(15-12)9-5-3-2-4-6-9/h2-8H,1H3. The minimum Gasteiger partial charge on any atom is -0.481 e. The molecule has 0 bridgehead atoms. The van der Waals surface area contributed by atoms with E-state index in [1.165, 1.54) is 13.2 Å². The van der Waals surface area contributed by atoms with Gasteiger partial charge in [0, 0.05) is 17.2 Å². The molecule has 0 aliphatic rings. The lowest BCUT2D eigenvalue weighted by atomic mass is 10.1. The maximum Gasteiger partial charge on any atom is 0.252 e. The van der Waals surface area contributed by atoms with Crippen LogP contribution in [0.25, 0.3) is 11.3 Å². The molecule has 0 unspecified atom stereocenters. The van der Waals surface area contributed by atoms with Gasteiger partial charge < -0.3 is 4.74 Å². The molecule has 0 atom stereocenters. The van der Waals surface area contributed by atoms with Gasteiger partial charge >= 0.3 is 0 Å². The van der Waals surface area contributed by atoms with Crippen molar-refractivity contribution in [2.45, 2.75) is 0 Å². The van der Waals surface area contributed by atoms with Crippen LogP contribution in [0, 0.1) is 0 Å². The van der Waals surface area contributed by atoms with Crippen molar-refractivity contribution in [1.82, 2.24) is 4.98 Å². The lowest BCUT2D eigenvalue weighted by Crippen LogP contribution is -1.96. The van der Waals surface area contributed by atoms with Crippen molar-refractivity contribution >= 4 is 16.8 Å². The zero-order chi connectivity index (χ0) is 12.3. The number of pyridine rings is 1. The van der Waals surface area contributed by atoms with Crippen molar-refractivity contribution in [3.8, 4) is 17.1 Å². The number of carbonyl (C=O) groups excluding carboxylic acids is 1. The summed E-state index contributed by atoms with van der Waals surface area (Å²) in [7, 11) is 1.50. The van der Waals surface area contributed by atoms with Crippen LogP contribution in [0.15, 0.2) is 42.5 Å². The van der Waals surface area contributed by atoms with Gasteiger partial charge in [0.05, 0.1) is 12.8 Å². The van der Waals surface area contributed by atoms with Gasteiger partial charge in [-0.3, -0.25) is 4.79 Å². The Bertz CT molecular complexity index is 540. The maximum absolute atomic E-state index is 11.2. The molecule has 0 saturated carbocycles. The maximum atomic E-state index is 11.2. The third kappa shape index (κ3) is 2.63. The van der Waals surface area contributed by atoms with Crippen molar-refractivity contribution < 1.29 is 9.53 Å². The van der Waals surface area contributed by atoms with Gasteiger partial charge in [0.25, 0.3) is 5.24 Å². The SMILES string of the molecule is COc1cc(C(=O)Cl)cc(-c2ccccc2)n1. The van der Waals surface area contributed by atoms with E-state index in [4.69, 9.17) is 16.3 Å². The fourth-order valence-corrected chi connectivity index (χ4v) is 1.59. The van der Waals surface area contributed by atoms with Gasteiger partial charge in [-0.05, 0) is 17.7 Å². The molecule has 0 N–H and O–H groups in total. The van der Waals surface area contributed by atoms with Crippen molar-refractivity contribution in [1.29, 1.82) is 0 Å². The summed E-state index contributed by atoms with van der Waals surface area (Å²) >= 11 is 5.47. The normalized spacial score (nSPS) is 10.0. The number of ether oxygens (including phenoxy) is 1. The molecule has 1 heterocycles. The largest absolute Gasteiger partial charge is 0.481 e. The molecule has 0 amide bonds. The molecule has 0 aliphatic carbocycles. The molecule has 1 aromatic heterocycles. The van der Waals surface area contributed by atoms with Crippen LogP contribution in [0.4, 0.5) is 0 Å². The summed E-state index contributed by atoms with van der Waals surface area (Å²) in [5, 5.41) is -0.525. The average molecular weight is 248 g/mol. The summed E-state index contributed by atoms with van der Waals surface area (Å²) in [6.07, 6.45) is 0. The molecule has 2 rings (SSSR count). The van der Waals surface area contributed by atoms with Crippen LogP contribution >= 0.6 is 11.6 Å². The highest BCUT2D eigenvalue weighted by atomic mass is 35.5. The van der Waals surface area contributed by atoms with Crippen LogP contribution in [-0.2, 0) is 0 Å². The molecule has 4 heteroatoms. The number of aromatic nitrogens is 1. The molecule has 86 valence electrons. The van der Waals surface area contributed by atoms with Gasteiger partial charge in [-0.25, -0.2) is 4.98 Å². The number of halogens is 1. The molecule has 0 saturated heterocycles. The summed E-state index contributed by atoms with van der Waals surface area (Å²) in [6.45, 7) is 0. The first-order valence-corrected chi connectivity index (χ1v) is 5.40. The molecule has 0 radical (unpaired) electrons. The highest BCUT2D eigenvalue weighted by Crippen LogP contribution is 2.22. The average Bonchev–Trinajstić information content (AvgIpc) is 2.39. The Morgan fingerprint density at radius 1 is 1.24 bits per heavy atom. The molecule has 1 aromatic carbocycles. The fourth-order valence-electron chi connectivity index (χ4n) is 1.48. The van der Waals surface area contributed by atoms with Crippen molar-refractivity contribution in [3.05, 3.63) is 48.0 Å². The summed E-state index contributed by atoms with van der Waals surface area (Å²) < 4.78 is 5.05. The molecule has 0 spiro atoms. The Kier molecular flexibility index (Phi) is 3.40. The second-order valence-electron chi connectivity index (χ2n) is 3.42. The van der Waals surface area contributed by atoms with Crippen LogP contribution < -0.4 is 4.74 Å². The monoisotopic (exact) mass is 247 g/mol. The van der Waals surface area contributed by atoms with E-state index < -0.39 is 5.24 Å². The van der Waals surface area contributed by atoms with Gasteiger partial charge in [0.2, 0.25) is 5.88 Å². The molecular weight excluding hydrogens is 238 g/mol. The van der Waals surface area contributed by atoms with Crippen LogP contribution in [-0.4, -0.2) is 17.3 Å². The van der Waals surface area contributed by atoms with Crippen LogP contribution in [0.2, 0.25) is 0 Å². The summed E-state index contributed by atoms with van der Waals surface area (Å²) in [4.78, 5) is 15.5. The van der Waals surface area contributed by atoms with E-state index >= 15 is 0 Å².